The largest absolute Gasteiger partial charge is 0.491 e. The molecule has 0 saturated carbocycles. The number of amides is 1. The summed E-state index contributed by atoms with van der Waals surface area (Å²) >= 11 is 0.945. The minimum atomic E-state index is -3.91. The van der Waals surface area contributed by atoms with Gasteiger partial charge in [0, 0.05) is 6.07 Å². The van der Waals surface area contributed by atoms with Crippen LogP contribution in [0.1, 0.15) is 11.3 Å². The third kappa shape index (κ3) is 8.65. The van der Waals surface area contributed by atoms with Gasteiger partial charge in [0.15, 0.2) is 6.04 Å². The summed E-state index contributed by atoms with van der Waals surface area (Å²) in [7, 11) is -3.91. The minimum Gasteiger partial charge on any atom is -0.491 e. The number of aromatic nitrogens is 4. The van der Waals surface area contributed by atoms with Crippen LogP contribution in [-0.4, -0.2) is 71.3 Å². The van der Waals surface area contributed by atoms with Gasteiger partial charge in [0.2, 0.25) is 10.2 Å². The molecule has 0 aliphatic heterocycles. The van der Waals surface area contributed by atoms with E-state index in [2.05, 4.69) is 20.6 Å². The maximum atomic E-state index is 12.4. The number of carbonyl (C=O) groups excluding carboxylic acids is 1. The fraction of sp³-hybridized carbons (Fsp3) is 0.292. The number of hydrogen-bond acceptors (Lipinski definition) is 11. The molecular formula is C24H25FN6O8S2. The first kappa shape index (κ1) is 29.8. The van der Waals surface area contributed by atoms with Gasteiger partial charge in [-0.25, -0.2) is 32.4 Å². The quantitative estimate of drug-likeness (QED) is 0.176. The summed E-state index contributed by atoms with van der Waals surface area (Å²) in [5.74, 6) is -1.04. The molecule has 0 radical (unpaired) electrons. The van der Waals surface area contributed by atoms with Gasteiger partial charge in [-0.1, -0.05) is 17.3 Å². The molecule has 2 aromatic carbocycles. The van der Waals surface area contributed by atoms with Gasteiger partial charge in [-0.2, -0.15) is 0 Å². The zero-order valence-electron chi connectivity index (χ0n) is 21.3. The molecule has 0 unspecified atom stereocenters. The second-order valence-electron chi connectivity index (χ2n) is 8.51. The molecule has 41 heavy (non-hydrogen) atoms. The van der Waals surface area contributed by atoms with E-state index in [0.29, 0.717) is 33.0 Å². The number of rotatable bonds is 15. The van der Waals surface area contributed by atoms with Crippen molar-refractivity contribution in [3.05, 3.63) is 59.9 Å². The third-order valence-electron chi connectivity index (χ3n) is 5.29. The Labute approximate surface area is 236 Å². The number of carboxylic acid groups (broad SMARTS) is 1. The van der Waals surface area contributed by atoms with E-state index in [1.165, 1.54) is 10.9 Å². The second kappa shape index (κ2) is 13.4. The van der Waals surface area contributed by atoms with Gasteiger partial charge < -0.3 is 24.6 Å². The second-order valence-corrected chi connectivity index (χ2v) is 11.3. The zero-order chi connectivity index (χ0) is 29.4. The molecule has 0 saturated heterocycles. The molecule has 17 heteroatoms. The molecule has 1 amide bonds. The predicted molar refractivity (Wildman–Crippen MR) is 142 cm³/mol. The number of nitrogens with one attached hydrogen (secondary N) is 1. The van der Waals surface area contributed by atoms with E-state index in [1.54, 1.807) is 42.5 Å². The average molecular weight is 609 g/mol. The molecule has 0 aliphatic carbocycles. The van der Waals surface area contributed by atoms with Crippen LogP contribution in [0.4, 0.5) is 4.39 Å². The number of alkyl halides is 1. The Hall–Kier alpha value is -4.19. The van der Waals surface area contributed by atoms with Gasteiger partial charge in [0.25, 0.3) is 10.0 Å². The van der Waals surface area contributed by atoms with Crippen LogP contribution in [-0.2, 0) is 44.1 Å². The first-order valence-electron chi connectivity index (χ1n) is 11.9. The lowest BCUT2D eigenvalue weighted by molar-refractivity contribution is -0.144. The number of benzene rings is 2. The van der Waals surface area contributed by atoms with Gasteiger partial charge in [0.1, 0.15) is 43.6 Å². The van der Waals surface area contributed by atoms with Crippen LogP contribution in [0.25, 0.3) is 10.2 Å². The summed E-state index contributed by atoms with van der Waals surface area (Å²) in [5, 5.41) is 24.8. The number of fused-ring (bicyclic) bond motifs is 1. The van der Waals surface area contributed by atoms with Crippen molar-refractivity contribution in [2.75, 3.05) is 19.9 Å². The zero-order valence-corrected chi connectivity index (χ0v) is 22.9. The van der Waals surface area contributed by atoms with E-state index in [1.807, 2.05) is 0 Å². The van der Waals surface area contributed by atoms with Crippen molar-refractivity contribution in [2.45, 2.75) is 30.1 Å². The maximum absolute atomic E-state index is 12.4. The number of thiazole rings is 1. The number of nitrogens with two attached hydrogens (primary N) is 1. The molecule has 0 fully saturated rings. The van der Waals surface area contributed by atoms with E-state index in [4.69, 9.17) is 19.3 Å². The van der Waals surface area contributed by atoms with Crippen LogP contribution in [0.2, 0.25) is 0 Å². The number of ether oxygens (including phenoxy) is 3. The highest BCUT2D eigenvalue weighted by atomic mass is 32.2. The van der Waals surface area contributed by atoms with Crippen molar-refractivity contribution in [1.82, 2.24) is 25.3 Å². The molecule has 0 bridgehead atoms. The summed E-state index contributed by atoms with van der Waals surface area (Å²) in [4.78, 5) is 28.1. The lowest BCUT2D eigenvalue weighted by atomic mass is 10.2. The van der Waals surface area contributed by atoms with E-state index in [-0.39, 0.29) is 37.3 Å². The van der Waals surface area contributed by atoms with Gasteiger partial charge in [-0.15, -0.1) is 16.4 Å². The molecule has 4 rings (SSSR count). The fourth-order valence-corrected chi connectivity index (χ4v) is 5.11. The van der Waals surface area contributed by atoms with E-state index < -0.39 is 34.6 Å². The van der Waals surface area contributed by atoms with E-state index >= 15 is 0 Å². The van der Waals surface area contributed by atoms with Crippen LogP contribution >= 0.6 is 11.3 Å². The Morgan fingerprint density at radius 1 is 1.15 bits per heavy atom. The van der Waals surface area contributed by atoms with Crippen LogP contribution < -0.4 is 19.9 Å². The van der Waals surface area contributed by atoms with Gasteiger partial charge >= 0.3 is 5.97 Å². The summed E-state index contributed by atoms with van der Waals surface area (Å²) < 4.78 is 53.3. The van der Waals surface area contributed by atoms with Crippen LogP contribution in [0.5, 0.6) is 11.5 Å². The standard InChI is InChI=1S/C24H25FN6O8S2/c25-6-7-38-17-3-1-2-15(8-17)12-37-14-20(23(33)34)27-22(32)11-31-10-16(29-30-31)13-39-18-4-5-21-19(9-18)28-24(40-21)41(26,35)36/h1-5,8-10,20H,6-7,11-14H2,(H,27,32)(H,33,34)(H2,26,35,36)/t20-/m0/s1. The van der Waals surface area contributed by atoms with Crippen molar-refractivity contribution in [3.63, 3.8) is 0 Å². The smallest absolute Gasteiger partial charge is 0.328 e. The Balaban J connectivity index is 1.25. The maximum Gasteiger partial charge on any atom is 0.328 e. The fourth-order valence-electron chi connectivity index (χ4n) is 3.47. The first-order valence-corrected chi connectivity index (χ1v) is 14.3. The number of carbonyl (C=O) groups is 2. The van der Waals surface area contributed by atoms with Gasteiger partial charge in [-0.3, -0.25) is 4.79 Å². The van der Waals surface area contributed by atoms with E-state index in [0.717, 1.165) is 11.3 Å². The van der Waals surface area contributed by atoms with E-state index in [9.17, 15) is 27.5 Å². The number of carboxylic acids is 1. The highest BCUT2D eigenvalue weighted by molar-refractivity contribution is 7.91. The van der Waals surface area contributed by atoms with Crippen LogP contribution in [0, 0.1) is 0 Å². The van der Waals surface area contributed by atoms with Gasteiger partial charge in [0.05, 0.1) is 29.6 Å². The van der Waals surface area contributed by atoms with Crippen molar-refractivity contribution in [3.8, 4) is 11.5 Å². The van der Waals surface area contributed by atoms with Crippen molar-refractivity contribution >= 4 is 43.5 Å². The predicted octanol–water partition coefficient (Wildman–Crippen LogP) is 1.25. The Kier molecular flexibility index (Phi) is 9.77. The monoisotopic (exact) mass is 608 g/mol. The normalized spacial score (nSPS) is 12.2. The molecule has 1 atom stereocenters. The Morgan fingerprint density at radius 3 is 2.71 bits per heavy atom. The summed E-state index contributed by atoms with van der Waals surface area (Å²) in [6.07, 6.45) is 1.46. The van der Waals surface area contributed by atoms with Crippen LogP contribution in [0.15, 0.2) is 53.0 Å². The lowest BCUT2D eigenvalue weighted by Gasteiger charge is -2.15. The lowest BCUT2D eigenvalue weighted by Crippen LogP contribution is -2.45. The number of primary sulfonamides is 1. The molecule has 4 aromatic rings. The summed E-state index contributed by atoms with van der Waals surface area (Å²) in [5.41, 5.74) is 1.48. The highest BCUT2D eigenvalue weighted by Gasteiger charge is 2.21. The number of sulfonamides is 1. The van der Waals surface area contributed by atoms with Gasteiger partial charge in [-0.05, 0) is 29.8 Å². The van der Waals surface area contributed by atoms with Crippen LogP contribution in [0.3, 0.4) is 0 Å². The number of hydrogen-bond donors (Lipinski definition) is 3. The van der Waals surface area contributed by atoms with Crippen molar-refractivity contribution in [1.29, 1.82) is 0 Å². The highest BCUT2D eigenvalue weighted by Crippen LogP contribution is 2.28. The first-order chi connectivity index (χ1) is 19.6. The molecule has 218 valence electrons. The van der Waals surface area contributed by atoms with Crippen molar-refractivity contribution < 1.29 is 41.7 Å². The molecule has 2 aromatic heterocycles. The average Bonchev–Trinajstić information content (AvgIpc) is 3.57. The number of nitrogens with zero attached hydrogens (tertiary/aromatic N) is 4. The Bertz CT molecular complexity index is 1630. The third-order valence-corrected chi connectivity index (χ3v) is 7.65. The molecule has 4 N–H and O–H groups in total. The number of aliphatic carboxylic acids is 1. The minimum absolute atomic E-state index is 0.00901. The topological polar surface area (TPSA) is 198 Å². The molecular weight excluding hydrogens is 583 g/mol. The molecule has 0 aliphatic rings. The summed E-state index contributed by atoms with van der Waals surface area (Å²) in [6.45, 7) is -1.25. The molecule has 2 heterocycles. The Morgan fingerprint density at radius 2 is 1.95 bits per heavy atom. The van der Waals surface area contributed by atoms with Crippen molar-refractivity contribution in [2.24, 2.45) is 5.14 Å². The summed E-state index contributed by atoms with van der Waals surface area (Å²) in [6, 6.07) is 10.3. The molecule has 14 nitrogen and oxygen atoms in total. The molecule has 0 spiro atoms. The number of halogens is 1. The SMILES string of the molecule is NS(=O)(=O)c1nc2cc(OCc3cn(CC(=O)N[C@@H](COCc4cccc(OCCF)c4)C(=O)O)nn3)ccc2s1.